The van der Waals surface area contributed by atoms with E-state index in [1.165, 1.54) is 36.0 Å². The maximum atomic E-state index is 15.1. The van der Waals surface area contributed by atoms with Gasteiger partial charge in [-0.2, -0.15) is 5.10 Å². The standard InChI is InChI=1S/C26H22ClF3N6O3S/c1-12-6-17(30)22-19(7-12)32-25(18(31)10-13-8-14(28)11-15(29)9-13)36(26(22)37)20-5-4-16(27)21-23(20)35(2)33-24(21)34-40(3,38)39/h4-9,11,18H,10,31H2,1-3H3,(H,33,34). The third-order valence-electron chi connectivity index (χ3n) is 6.24. The Balaban J connectivity index is 1.84. The van der Waals surface area contributed by atoms with Crippen molar-refractivity contribution in [1.82, 2.24) is 19.3 Å². The van der Waals surface area contributed by atoms with Crippen LogP contribution in [0.3, 0.4) is 0 Å². The lowest BCUT2D eigenvalue weighted by Crippen LogP contribution is -2.30. The van der Waals surface area contributed by atoms with Gasteiger partial charge in [-0.3, -0.25) is 18.8 Å². The zero-order valence-corrected chi connectivity index (χ0v) is 22.9. The van der Waals surface area contributed by atoms with Gasteiger partial charge in [0.05, 0.1) is 39.4 Å². The molecule has 0 saturated heterocycles. The Morgan fingerprint density at radius 1 is 1.07 bits per heavy atom. The van der Waals surface area contributed by atoms with Gasteiger partial charge < -0.3 is 5.73 Å². The molecule has 1 unspecified atom stereocenters. The number of benzene rings is 3. The van der Waals surface area contributed by atoms with E-state index in [-0.39, 0.29) is 56.1 Å². The van der Waals surface area contributed by atoms with Crippen molar-refractivity contribution in [1.29, 1.82) is 0 Å². The molecule has 14 heteroatoms. The number of hydrogen-bond donors (Lipinski definition) is 2. The molecule has 0 aliphatic heterocycles. The zero-order chi connectivity index (χ0) is 29.1. The van der Waals surface area contributed by atoms with Gasteiger partial charge in [-0.15, -0.1) is 0 Å². The second kappa shape index (κ2) is 9.91. The Hall–Kier alpha value is -3.94. The highest BCUT2D eigenvalue weighted by molar-refractivity contribution is 7.92. The van der Waals surface area contributed by atoms with Crippen LogP contribution in [0.25, 0.3) is 27.5 Å². The number of anilines is 1. The quantitative estimate of drug-likeness (QED) is 0.304. The Morgan fingerprint density at radius 2 is 1.75 bits per heavy atom. The van der Waals surface area contributed by atoms with Crippen LogP contribution in [0.4, 0.5) is 19.0 Å². The lowest BCUT2D eigenvalue weighted by Gasteiger charge is -2.20. The summed E-state index contributed by atoms with van der Waals surface area (Å²) >= 11 is 6.43. The van der Waals surface area contributed by atoms with Gasteiger partial charge in [-0.05, 0) is 60.9 Å². The topological polar surface area (TPSA) is 125 Å². The molecule has 2 aromatic heterocycles. The van der Waals surface area contributed by atoms with Crippen molar-refractivity contribution in [3.05, 3.63) is 92.2 Å². The van der Waals surface area contributed by atoms with Crippen LogP contribution in [-0.4, -0.2) is 34.0 Å². The second-order valence-electron chi connectivity index (χ2n) is 9.48. The van der Waals surface area contributed by atoms with Crippen molar-refractivity contribution in [3.8, 4) is 5.69 Å². The van der Waals surface area contributed by atoms with Crippen molar-refractivity contribution < 1.29 is 21.6 Å². The fraction of sp³-hybridized carbons (Fsp3) is 0.192. The average molecular weight is 591 g/mol. The third-order valence-corrected chi connectivity index (χ3v) is 7.12. The number of fused-ring (bicyclic) bond motifs is 2. The molecule has 1 atom stereocenters. The first-order valence-electron chi connectivity index (χ1n) is 11.8. The molecule has 40 heavy (non-hydrogen) atoms. The molecule has 208 valence electrons. The summed E-state index contributed by atoms with van der Waals surface area (Å²) < 4.78 is 71.6. The molecule has 5 rings (SSSR count). The minimum absolute atomic E-state index is 0.0328. The largest absolute Gasteiger partial charge is 0.321 e. The van der Waals surface area contributed by atoms with Crippen molar-refractivity contribution >= 4 is 49.2 Å². The fourth-order valence-electron chi connectivity index (χ4n) is 4.75. The van der Waals surface area contributed by atoms with E-state index in [1.54, 1.807) is 6.92 Å². The van der Waals surface area contributed by atoms with Crippen LogP contribution in [0, 0.1) is 24.4 Å². The van der Waals surface area contributed by atoms with E-state index >= 15 is 4.39 Å². The number of hydrogen-bond acceptors (Lipinski definition) is 6. The van der Waals surface area contributed by atoms with E-state index in [4.69, 9.17) is 17.3 Å². The predicted octanol–water partition coefficient (Wildman–Crippen LogP) is 4.27. The maximum absolute atomic E-state index is 15.1. The van der Waals surface area contributed by atoms with Gasteiger partial charge in [0, 0.05) is 13.1 Å². The Kier molecular flexibility index (Phi) is 6.84. The molecule has 3 aromatic carbocycles. The minimum Gasteiger partial charge on any atom is -0.321 e. The average Bonchev–Trinajstić information content (AvgIpc) is 3.13. The summed E-state index contributed by atoms with van der Waals surface area (Å²) in [7, 11) is -2.25. The van der Waals surface area contributed by atoms with E-state index in [1.807, 2.05) is 0 Å². The van der Waals surface area contributed by atoms with Crippen LogP contribution in [0.5, 0.6) is 0 Å². The summed E-state index contributed by atoms with van der Waals surface area (Å²) in [5, 5.41) is 4.22. The Bertz CT molecular complexity index is 1990. The summed E-state index contributed by atoms with van der Waals surface area (Å²) in [6.45, 7) is 1.64. The smallest absolute Gasteiger partial charge is 0.269 e. The SMILES string of the molecule is Cc1cc(F)c2c(=O)n(-c3ccc(Cl)c4c(NS(C)(=O)=O)nn(C)c34)c(C(N)Cc3cc(F)cc(F)c3)nc2c1. The molecule has 0 amide bonds. The monoisotopic (exact) mass is 590 g/mol. The number of aryl methyl sites for hydroxylation is 2. The van der Waals surface area contributed by atoms with E-state index in [9.17, 15) is 22.0 Å². The summed E-state index contributed by atoms with van der Waals surface area (Å²) in [6.07, 6.45) is 0.823. The van der Waals surface area contributed by atoms with Crippen LogP contribution >= 0.6 is 11.6 Å². The number of aromatic nitrogens is 4. The van der Waals surface area contributed by atoms with Gasteiger partial charge in [0.2, 0.25) is 10.0 Å². The van der Waals surface area contributed by atoms with Crippen LogP contribution in [0.1, 0.15) is 23.0 Å². The highest BCUT2D eigenvalue weighted by Crippen LogP contribution is 2.35. The Labute approximate surface area is 231 Å². The molecule has 0 aliphatic rings. The molecule has 0 saturated carbocycles. The predicted molar refractivity (Wildman–Crippen MR) is 147 cm³/mol. The Morgan fingerprint density at radius 3 is 2.40 bits per heavy atom. The normalized spacial score (nSPS) is 12.8. The van der Waals surface area contributed by atoms with Gasteiger partial charge in [-0.1, -0.05) is 11.6 Å². The molecule has 0 radical (unpaired) electrons. The van der Waals surface area contributed by atoms with E-state index < -0.39 is 39.1 Å². The van der Waals surface area contributed by atoms with Gasteiger partial charge in [0.25, 0.3) is 5.56 Å². The van der Waals surface area contributed by atoms with Gasteiger partial charge in [0.1, 0.15) is 28.7 Å². The van der Waals surface area contributed by atoms with Gasteiger partial charge >= 0.3 is 0 Å². The van der Waals surface area contributed by atoms with Gasteiger partial charge in [0.15, 0.2) is 5.82 Å². The molecule has 0 bridgehead atoms. The molecule has 0 spiro atoms. The van der Waals surface area contributed by atoms with Crippen LogP contribution in [-0.2, 0) is 23.5 Å². The molecule has 2 heterocycles. The first-order chi connectivity index (χ1) is 18.7. The number of rotatable bonds is 6. The van der Waals surface area contributed by atoms with E-state index in [0.29, 0.717) is 5.56 Å². The number of sulfonamides is 1. The van der Waals surface area contributed by atoms with Crippen LogP contribution in [0.2, 0.25) is 5.02 Å². The lowest BCUT2D eigenvalue weighted by atomic mass is 10.0. The highest BCUT2D eigenvalue weighted by atomic mass is 35.5. The number of nitrogens with two attached hydrogens (primary N) is 1. The molecule has 0 fully saturated rings. The lowest BCUT2D eigenvalue weighted by molar-refractivity contribution is 0.572. The summed E-state index contributed by atoms with van der Waals surface area (Å²) in [6, 6.07) is 7.47. The molecular weight excluding hydrogens is 569 g/mol. The number of nitrogens with zero attached hydrogens (tertiary/aromatic N) is 4. The summed E-state index contributed by atoms with van der Waals surface area (Å²) in [5.41, 5.74) is 6.82. The summed E-state index contributed by atoms with van der Waals surface area (Å²) in [4.78, 5) is 18.5. The highest BCUT2D eigenvalue weighted by Gasteiger charge is 2.25. The van der Waals surface area contributed by atoms with Crippen molar-refractivity contribution in [2.45, 2.75) is 19.4 Å². The van der Waals surface area contributed by atoms with Crippen molar-refractivity contribution in [2.24, 2.45) is 12.8 Å². The van der Waals surface area contributed by atoms with Crippen molar-refractivity contribution in [2.75, 3.05) is 11.0 Å². The van der Waals surface area contributed by atoms with Crippen molar-refractivity contribution in [3.63, 3.8) is 0 Å². The van der Waals surface area contributed by atoms with Crippen LogP contribution < -0.4 is 16.0 Å². The van der Waals surface area contributed by atoms with E-state index in [0.717, 1.165) is 29.0 Å². The maximum Gasteiger partial charge on any atom is 0.269 e. The number of halogens is 4. The second-order valence-corrected chi connectivity index (χ2v) is 11.6. The third kappa shape index (κ3) is 5.03. The summed E-state index contributed by atoms with van der Waals surface area (Å²) in [5.74, 6) is -2.53. The minimum atomic E-state index is -3.76. The zero-order valence-electron chi connectivity index (χ0n) is 21.3. The van der Waals surface area contributed by atoms with Crippen LogP contribution in [0.15, 0.2) is 47.3 Å². The number of nitrogens with one attached hydrogen (secondary N) is 1. The molecular formula is C26H22ClF3N6O3S. The first kappa shape index (κ1) is 27.6. The molecule has 3 N–H and O–H groups in total. The van der Waals surface area contributed by atoms with Gasteiger partial charge in [-0.25, -0.2) is 26.6 Å². The molecule has 5 aromatic rings. The molecule has 9 nitrogen and oxygen atoms in total. The van der Waals surface area contributed by atoms with E-state index in [2.05, 4.69) is 14.8 Å². The molecule has 0 aliphatic carbocycles. The first-order valence-corrected chi connectivity index (χ1v) is 14.1. The fourth-order valence-corrected chi connectivity index (χ4v) is 5.49.